The van der Waals surface area contributed by atoms with Crippen LogP contribution in [-0.2, 0) is 9.53 Å². The minimum Gasteiger partial charge on any atom is -0.494 e. The van der Waals surface area contributed by atoms with Gasteiger partial charge in [-0.1, -0.05) is 70.2 Å². The number of carbonyl (C=O) groups is 2. The molecule has 0 N–H and O–H groups in total. The number of hydrogen-bond acceptors (Lipinski definition) is 8. The van der Waals surface area contributed by atoms with Gasteiger partial charge in [-0.15, -0.1) is 0 Å². The maximum Gasteiger partial charge on any atom is 0.343 e. The Morgan fingerprint density at radius 1 is 0.733 bits per heavy atom. The third-order valence-corrected chi connectivity index (χ3v) is 7.04. The van der Waals surface area contributed by atoms with E-state index < -0.39 is 10.9 Å². The van der Waals surface area contributed by atoms with Gasteiger partial charge in [-0.05, 0) is 79.8 Å². The predicted molar refractivity (Wildman–Crippen MR) is 174 cm³/mol. The monoisotopic (exact) mass is 617 g/mol. The van der Waals surface area contributed by atoms with Crippen molar-refractivity contribution >= 4 is 17.6 Å². The van der Waals surface area contributed by atoms with Crippen molar-refractivity contribution in [2.24, 2.45) is 0 Å². The van der Waals surface area contributed by atoms with E-state index in [1.54, 1.807) is 37.3 Å². The zero-order valence-electron chi connectivity index (χ0n) is 26.3. The van der Waals surface area contributed by atoms with Gasteiger partial charge in [0.1, 0.15) is 11.5 Å². The van der Waals surface area contributed by atoms with Crippen LogP contribution in [-0.4, -0.2) is 36.7 Å². The largest absolute Gasteiger partial charge is 0.494 e. The number of ether oxygens (including phenoxy) is 4. The smallest absolute Gasteiger partial charge is 0.343 e. The van der Waals surface area contributed by atoms with Gasteiger partial charge in [0.2, 0.25) is 5.75 Å². The lowest BCUT2D eigenvalue weighted by Gasteiger charge is -2.10. The van der Waals surface area contributed by atoms with Gasteiger partial charge < -0.3 is 18.9 Å². The number of hydrogen-bond donors (Lipinski definition) is 0. The Morgan fingerprint density at radius 3 is 1.84 bits per heavy atom. The van der Waals surface area contributed by atoms with Crippen LogP contribution in [0.1, 0.15) is 82.0 Å². The molecule has 0 unspecified atom stereocenters. The number of nitro groups is 1. The van der Waals surface area contributed by atoms with Crippen LogP contribution >= 0.6 is 0 Å². The van der Waals surface area contributed by atoms with Crippen LogP contribution in [0.5, 0.6) is 17.2 Å². The average molecular weight is 618 g/mol. The molecule has 240 valence electrons. The van der Waals surface area contributed by atoms with Crippen LogP contribution in [0.3, 0.4) is 0 Å². The molecule has 0 amide bonds. The van der Waals surface area contributed by atoms with Crippen molar-refractivity contribution in [2.75, 3.05) is 19.8 Å². The molecule has 0 aliphatic rings. The second-order valence-corrected chi connectivity index (χ2v) is 10.8. The second-order valence-electron chi connectivity index (χ2n) is 10.8. The van der Waals surface area contributed by atoms with Crippen molar-refractivity contribution in [1.82, 2.24) is 0 Å². The summed E-state index contributed by atoms with van der Waals surface area (Å²) in [5.74, 6) is 0.205. The highest BCUT2D eigenvalue weighted by molar-refractivity contribution is 5.92. The van der Waals surface area contributed by atoms with Crippen molar-refractivity contribution in [3.63, 3.8) is 0 Å². The van der Waals surface area contributed by atoms with Gasteiger partial charge in [0.15, 0.2) is 0 Å². The molecule has 3 rings (SSSR count). The molecule has 0 bridgehead atoms. The highest BCUT2D eigenvalue weighted by Crippen LogP contribution is 2.33. The Balaban J connectivity index is 1.43. The summed E-state index contributed by atoms with van der Waals surface area (Å²) in [7, 11) is 0. The molecule has 0 heterocycles. The van der Waals surface area contributed by atoms with Gasteiger partial charge in [-0.3, -0.25) is 10.1 Å². The van der Waals surface area contributed by atoms with Crippen molar-refractivity contribution < 1.29 is 33.5 Å². The van der Waals surface area contributed by atoms with Gasteiger partial charge in [-0.2, -0.15) is 0 Å². The molecule has 0 spiro atoms. The molecule has 45 heavy (non-hydrogen) atoms. The van der Waals surface area contributed by atoms with Crippen LogP contribution in [0.15, 0.2) is 78.9 Å². The van der Waals surface area contributed by atoms with Gasteiger partial charge in [-0.25, -0.2) is 9.59 Å². The molecule has 9 heteroatoms. The Bertz CT molecular complexity index is 1400. The van der Waals surface area contributed by atoms with E-state index in [2.05, 4.69) is 13.5 Å². The van der Waals surface area contributed by atoms with Crippen molar-refractivity contribution in [3.8, 4) is 28.4 Å². The third-order valence-electron chi connectivity index (χ3n) is 7.04. The molecule has 0 atom stereocenters. The fourth-order valence-corrected chi connectivity index (χ4v) is 4.45. The van der Waals surface area contributed by atoms with Crippen molar-refractivity contribution in [3.05, 3.63) is 94.6 Å². The molecular weight excluding hydrogens is 574 g/mol. The highest BCUT2D eigenvalue weighted by Gasteiger charge is 2.20. The maximum atomic E-state index is 12.8. The lowest BCUT2D eigenvalue weighted by molar-refractivity contribution is -0.385. The summed E-state index contributed by atoms with van der Waals surface area (Å²) in [6.07, 6.45) is 9.10. The number of nitrogens with zero attached hydrogens (tertiary/aromatic N) is 1. The van der Waals surface area contributed by atoms with E-state index in [1.165, 1.54) is 12.1 Å². The lowest BCUT2D eigenvalue weighted by Crippen LogP contribution is -2.10. The van der Waals surface area contributed by atoms with E-state index in [4.69, 9.17) is 18.9 Å². The van der Waals surface area contributed by atoms with Crippen molar-refractivity contribution in [2.45, 2.75) is 71.6 Å². The summed E-state index contributed by atoms with van der Waals surface area (Å²) in [5, 5.41) is 11.8. The summed E-state index contributed by atoms with van der Waals surface area (Å²) < 4.78 is 22.0. The third kappa shape index (κ3) is 12.1. The van der Waals surface area contributed by atoms with Crippen molar-refractivity contribution in [1.29, 1.82) is 0 Å². The molecule has 0 saturated heterocycles. The topological polar surface area (TPSA) is 114 Å². The number of unbranched alkanes of at least 4 members (excludes halogenated alkanes) is 7. The Kier molecular flexibility index (Phi) is 14.6. The van der Waals surface area contributed by atoms with Gasteiger partial charge in [0, 0.05) is 11.6 Å². The van der Waals surface area contributed by atoms with E-state index in [9.17, 15) is 19.7 Å². The summed E-state index contributed by atoms with van der Waals surface area (Å²) in [6, 6.07) is 18.4. The molecule has 0 saturated carbocycles. The first-order valence-electron chi connectivity index (χ1n) is 15.6. The van der Waals surface area contributed by atoms with Crippen LogP contribution in [0, 0.1) is 10.1 Å². The first-order valence-corrected chi connectivity index (χ1v) is 15.6. The normalized spacial score (nSPS) is 10.6. The summed E-state index contributed by atoms with van der Waals surface area (Å²) in [5.41, 5.74) is 1.78. The minimum atomic E-state index is -0.698. The van der Waals surface area contributed by atoms with E-state index >= 15 is 0 Å². The molecule has 0 aliphatic carbocycles. The molecule has 9 nitrogen and oxygen atoms in total. The molecule has 0 aromatic heterocycles. The number of benzene rings is 3. The molecule has 0 aliphatic heterocycles. The SMILES string of the molecule is C=C(C)C(=O)OCCCCCCCCOc1ccc(C(=O)Oc2ccc(-c3ccc(OCCCCC)cc3)cc2[N+](=O)[O-])cc1. The first kappa shape index (κ1) is 34.8. The standard InChI is InChI=1S/C36H43NO8/c1-4-5-10-23-42-31-18-13-28(14-19-31)30-17-22-34(33(26-30)37(40)41)45-36(39)29-15-20-32(21-16-29)43-24-11-8-6-7-9-12-25-44-35(38)27(2)3/h13-22,26H,2,4-12,23-25H2,1,3H3. The summed E-state index contributed by atoms with van der Waals surface area (Å²) >= 11 is 0. The zero-order chi connectivity index (χ0) is 32.4. The highest BCUT2D eigenvalue weighted by atomic mass is 16.6. The second kappa shape index (κ2) is 18.9. The summed E-state index contributed by atoms with van der Waals surface area (Å²) in [4.78, 5) is 35.4. The molecule has 0 radical (unpaired) electrons. The Morgan fingerprint density at radius 2 is 1.27 bits per heavy atom. The Hall–Kier alpha value is -4.66. The number of carbonyl (C=O) groups excluding carboxylic acids is 2. The van der Waals surface area contributed by atoms with Gasteiger partial charge in [0.05, 0.1) is 30.3 Å². The van der Waals surface area contributed by atoms with Crippen LogP contribution < -0.4 is 14.2 Å². The maximum absolute atomic E-state index is 12.8. The van der Waals surface area contributed by atoms with E-state index in [0.717, 1.165) is 69.1 Å². The van der Waals surface area contributed by atoms with Crippen LogP contribution in [0.25, 0.3) is 11.1 Å². The fourth-order valence-electron chi connectivity index (χ4n) is 4.45. The molecular formula is C36H43NO8. The van der Waals surface area contributed by atoms with E-state index in [1.807, 2.05) is 24.3 Å². The van der Waals surface area contributed by atoms with Gasteiger partial charge >= 0.3 is 17.6 Å². The van der Waals surface area contributed by atoms with Crippen LogP contribution in [0.2, 0.25) is 0 Å². The minimum absolute atomic E-state index is 0.127. The average Bonchev–Trinajstić information content (AvgIpc) is 3.04. The van der Waals surface area contributed by atoms with Crippen LogP contribution in [0.4, 0.5) is 5.69 Å². The van der Waals surface area contributed by atoms with E-state index in [0.29, 0.717) is 36.7 Å². The number of nitro benzene ring substituents is 1. The van der Waals surface area contributed by atoms with Gasteiger partial charge in [0.25, 0.3) is 0 Å². The predicted octanol–water partition coefficient (Wildman–Crippen LogP) is 8.89. The molecule has 3 aromatic rings. The fraction of sp³-hybridized carbons (Fsp3) is 0.389. The summed E-state index contributed by atoms with van der Waals surface area (Å²) in [6.45, 7) is 8.95. The Labute approximate surface area is 265 Å². The lowest BCUT2D eigenvalue weighted by atomic mass is 10.0. The first-order chi connectivity index (χ1) is 21.8. The zero-order valence-corrected chi connectivity index (χ0v) is 26.3. The molecule has 3 aromatic carbocycles. The van der Waals surface area contributed by atoms with E-state index in [-0.39, 0.29) is 23.0 Å². The quantitative estimate of drug-likeness (QED) is 0.0308. The molecule has 0 fully saturated rings. The number of rotatable bonds is 20. The number of esters is 2.